The molecule has 0 radical (unpaired) electrons. The standard InChI is InChI=1S/C19H28N2O2/c22-19(21-16-9-2-1-3-10-16)20-13-14-23-18-12-6-8-15-7-4-5-11-17(15)18/h6,8,12,16H,1-5,7,9-11,13-14H2,(H2,20,21,22). The first-order valence-electron chi connectivity index (χ1n) is 9.11. The Morgan fingerprint density at radius 1 is 1.09 bits per heavy atom. The average Bonchev–Trinajstić information content (AvgIpc) is 2.60. The maximum atomic E-state index is 11.9. The van der Waals surface area contributed by atoms with Gasteiger partial charge in [-0.3, -0.25) is 0 Å². The molecule has 1 fully saturated rings. The van der Waals surface area contributed by atoms with Crippen LogP contribution in [0, 0.1) is 0 Å². The van der Waals surface area contributed by atoms with Crippen molar-refractivity contribution in [2.45, 2.75) is 63.8 Å². The number of nitrogens with one attached hydrogen (secondary N) is 2. The lowest BCUT2D eigenvalue weighted by molar-refractivity contribution is 0.228. The van der Waals surface area contributed by atoms with Gasteiger partial charge in [-0.25, -0.2) is 4.79 Å². The smallest absolute Gasteiger partial charge is 0.315 e. The number of hydrogen-bond donors (Lipinski definition) is 2. The fraction of sp³-hybridized carbons (Fsp3) is 0.632. The number of ether oxygens (including phenoxy) is 1. The zero-order valence-electron chi connectivity index (χ0n) is 13.9. The van der Waals surface area contributed by atoms with Crippen molar-refractivity contribution in [2.75, 3.05) is 13.2 Å². The number of rotatable bonds is 5. The number of fused-ring (bicyclic) bond motifs is 1. The molecule has 1 aromatic rings. The van der Waals surface area contributed by atoms with E-state index in [-0.39, 0.29) is 6.03 Å². The Labute approximate surface area is 139 Å². The van der Waals surface area contributed by atoms with Gasteiger partial charge in [-0.1, -0.05) is 31.4 Å². The fourth-order valence-electron chi connectivity index (χ4n) is 3.69. The second kappa shape index (κ2) is 8.23. The van der Waals surface area contributed by atoms with Crippen molar-refractivity contribution >= 4 is 6.03 Å². The van der Waals surface area contributed by atoms with E-state index in [4.69, 9.17) is 4.74 Å². The molecule has 1 saturated carbocycles. The second-order valence-electron chi connectivity index (χ2n) is 6.68. The Morgan fingerprint density at radius 3 is 2.78 bits per heavy atom. The molecule has 0 saturated heterocycles. The molecule has 0 aliphatic heterocycles. The predicted octanol–water partition coefficient (Wildman–Crippen LogP) is 3.58. The van der Waals surface area contributed by atoms with Gasteiger partial charge in [0.15, 0.2) is 0 Å². The monoisotopic (exact) mass is 316 g/mol. The van der Waals surface area contributed by atoms with Gasteiger partial charge in [0.25, 0.3) is 0 Å². The van der Waals surface area contributed by atoms with Gasteiger partial charge in [-0.05, 0) is 55.7 Å². The molecule has 2 N–H and O–H groups in total. The molecule has 0 spiro atoms. The molecule has 2 aliphatic rings. The summed E-state index contributed by atoms with van der Waals surface area (Å²) in [4.78, 5) is 11.9. The van der Waals surface area contributed by atoms with Crippen LogP contribution in [-0.2, 0) is 12.8 Å². The van der Waals surface area contributed by atoms with E-state index in [9.17, 15) is 4.79 Å². The molecule has 4 nitrogen and oxygen atoms in total. The highest BCUT2D eigenvalue weighted by Crippen LogP contribution is 2.29. The third kappa shape index (κ3) is 4.63. The number of aryl methyl sites for hydroxylation is 1. The summed E-state index contributed by atoms with van der Waals surface area (Å²) in [5.74, 6) is 0.997. The van der Waals surface area contributed by atoms with Crippen molar-refractivity contribution in [1.82, 2.24) is 10.6 Å². The number of urea groups is 1. The number of benzene rings is 1. The van der Waals surface area contributed by atoms with Crippen molar-refractivity contribution in [3.8, 4) is 5.75 Å². The third-order valence-electron chi connectivity index (χ3n) is 4.94. The van der Waals surface area contributed by atoms with Crippen LogP contribution < -0.4 is 15.4 Å². The number of amides is 2. The zero-order valence-corrected chi connectivity index (χ0v) is 13.9. The van der Waals surface area contributed by atoms with Crippen LogP contribution in [0.25, 0.3) is 0 Å². The summed E-state index contributed by atoms with van der Waals surface area (Å²) < 4.78 is 5.90. The molecule has 0 bridgehead atoms. The Hall–Kier alpha value is -1.71. The van der Waals surface area contributed by atoms with E-state index in [0.29, 0.717) is 19.2 Å². The van der Waals surface area contributed by atoms with E-state index < -0.39 is 0 Å². The molecular weight excluding hydrogens is 288 g/mol. The molecule has 0 atom stereocenters. The highest BCUT2D eigenvalue weighted by Gasteiger charge is 2.16. The van der Waals surface area contributed by atoms with Crippen LogP contribution >= 0.6 is 0 Å². The largest absolute Gasteiger partial charge is 0.491 e. The molecule has 1 aromatic carbocycles. The normalized spacial score (nSPS) is 18.1. The predicted molar refractivity (Wildman–Crippen MR) is 92.0 cm³/mol. The van der Waals surface area contributed by atoms with E-state index >= 15 is 0 Å². The highest BCUT2D eigenvalue weighted by molar-refractivity contribution is 5.74. The van der Waals surface area contributed by atoms with Gasteiger partial charge >= 0.3 is 6.03 Å². The lowest BCUT2D eigenvalue weighted by Gasteiger charge is -2.23. The van der Waals surface area contributed by atoms with E-state index in [1.807, 2.05) is 6.07 Å². The molecule has 126 valence electrons. The average molecular weight is 316 g/mol. The van der Waals surface area contributed by atoms with Gasteiger partial charge in [-0.15, -0.1) is 0 Å². The summed E-state index contributed by atoms with van der Waals surface area (Å²) in [6, 6.07) is 6.62. The minimum absolute atomic E-state index is 0.0596. The van der Waals surface area contributed by atoms with Crippen LogP contribution in [0.15, 0.2) is 18.2 Å². The van der Waals surface area contributed by atoms with E-state index in [1.165, 1.54) is 43.2 Å². The minimum atomic E-state index is -0.0596. The van der Waals surface area contributed by atoms with Gasteiger partial charge in [0.2, 0.25) is 0 Å². The van der Waals surface area contributed by atoms with Crippen molar-refractivity contribution < 1.29 is 9.53 Å². The van der Waals surface area contributed by atoms with Crippen molar-refractivity contribution in [1.29, 1.82) is 0 Å². The van der Waals surface area contributed by atoms with E-state index in [0.717, 1.165) is 31.4 Å². The lowest BCUT2D eigenvalue weighted by atomic mass is 9.91. The summed E-state index contributed by atoms with van der Waals surface area (Å²) in [6.07, 6.45) is 10.8. The van der Waals surface area contributed by atoms with Gasteiger partial charge in [0.05, 0.1) is 6.54 Å². The minimum Gasteiger partial charge on any atom is -0.491 e. The second-order valence-corrected chi connectivity index (χ2v) is 6.68. The Balaban J connectivity index is 1.39. The summed E-state index contributed by atoms with van der Waals surface area (Å²) in [6.45, 7) is 1.07. The first-order valence-corrected chi connectivity index (χ1v) is 9.11. The quantitative estimate of drug-likeness (QED) is 0.816. The highest BCUT2D eigenvalue weighted by atomic mass is 16.5. The third-order valence-corrected chi connectivity index (χ3v) is 4.94. The molecule has 23 heavy (non-hydrogen) atoms. The topological polar surface area (TPSA) is 50.4 Å². The zero-order chi connectivity index (χ0) is 15.9. The number of carbonyl (C=O) groups is 1. The van der Waals surface area contributed by atoms with Crippen molar-refractivity contribution in [2.24, 2.45) is 0 Å². The molecule has 0 heterocycles. The Morgan fingerprint density at radius 2 is 1.91 bits per heavy atom. The molecular formula is C19H28N2O2. The Kier molecular flexibility index (Phi) is 5.78. The van der Waals surface area contributed by atoms with E-state index in [2.05, 4.69) is 22.8 Å². The number of carbonyl (C=O) groups excluding carboxylic acids is 1. The molecule has 4 heteroatoms. The maximum absolute atomic E-state index is 11.9. The van der Waals surface area contributed by atoms with Crippen molar-refractivity contribution in [3.05, 3.63) is 29.3 Å². The SMILES string of the molecule is O=C(NCCOc1cccc2c1CCCC2)NC1CCCCC1. The van der Waals surface area contributed by atoms with Crippen LogP contribution in [-0.4, -0.2) is 25.2 Å². The first-order chi connectivity index (χ1) is 11.3. The maximum Gasteiger partial charge on any atom is 0.315 e. The summed E-state index contributed by atoms with van der Waals surface area (Å²) in [7, 11) is 0. The molecule has 0 unspecified atom stereocenters. The molecule has 0 aromatic heterocycles. The summed E-state index contributed by atoms with van der Waals surface area (Å²) >= 11 is 0. The van der Waals surface area contributed by atoms with Crippen LogP contribution in [0.1, 0.15) is 56.1 Å². The van der Waals surface area contributed by atoms with Crippen molar-refractivity contribution in [3.63, 3.8) is 0 Å². The van der Waals surface area contributed by atoms with Crippen LogP contribution in [0.2, 0.25) is 0 Å². The van der Waals surface area contributed by atoms with Crippen LogP contribution in [0.4, 0.5) is 4.79 Å². The van der Waals surface area contributed by atoms with Gasteiger partial charge < -0.3 is 15.4 Å². The summed E-state index contributed by atoms with van der Waals surface area (Å²) in [5, 5.41) is 5.97. The van der Waals surface area contributed by atoms with Gasteiger partial charge in [0.1, 0.15) is 12.4 Å². The lowest BCUT2D eigenvalue weighted by Crippen LogP contribution is -2.44. The van der Waals surface area contributed by atoms with E-state index in [1.54, 1.807) is 0 Å². The van der Waals surface area contributed by atoms with Gasteiger partial charge in [0, 0.05) is 6.04 Å². The van der Waals surface area contributed by atoms with Crippen LogP contribution in [0.3, 0.4) is 0 Å². The number of hydrogen-bond acceptors (Lipinski definition) is 2. The first kappa shape index (κ1) is 16.2. The molecule has 2 aliphatic carbocycles. The molecule has 2 amide bonds. The van der Waals surface area contributed by atoms with Crippen LogP contribution in [0.5, 0.6) is 5.75 Å². The fourth-order valence-corrected chi connectivity index (χ4v) is 3.69. The Bertz CT molecular complexity index is 524. The molecule has 3 rings (SSSR count). The van der Waals surface area contributed by atoms with Gasteiger partial charge in [-0.2, -0.15) is 0 Å². The summed E-state index contributed by atoms with van der Waals surface area (Å²) in [5.41, 5.74) is 2.79.